The number of carbonyl (C=O) groups excluding carboxylic acids is 1. The van der Waals surface area contributed by atoms with E-state index in [1.165, 1.54) is 7.11 Å². The van der Waals surface area contributed by atoms with Gasteiger partial charge in [-0.15, -0.1) is 0 Å². The lowest BCUT2D eigenvalue weighted by atomic mass is 10.1. The van der Waals surface area contributed by atoms with Crippen LogP contribution in [-0.2, 0) is 14.8 Å². The molecule has 0 aliphatic rings. The first kappa shape index (κ1) is 20.8. The molecule has 2 aromatic carbocycles. The van der Waals surface area contributed by atoms with Crippen molar-refractivity contribution < 1.29 is 27.4 Å². The first-order chi connectivity index (χ1) is 12.8. The van der Waals surface area contributed by atoms with E-state index in [1.807, 2.05) is 0 Å². The summed E-state index contributed by atoms with van der Waals surface area (Å²) in [7, 11) is -2.27. The molecule has 1 unspecified atom stereocenters. The van der Waals surface area contributed by atoms with Crippen molar-refractivity contribution in [3.63, 3.8) is 0 Å². The third kappa shape index (κ3) is 6.31. The van der Waals surface area contributed by atoms with E-state index in [4.69, 9.17) is 4.74 Å². The SMILES string of the molecule is COc1ccc(C(O)CNC(=O)CCNS(=O)(=O)c2ccc(F)cc2)cc1. The normalized spacial score (nSPS) is 12.4. The fourth-order valence-electron chi connectivity index (χ4n) is 2.24. The minimum Gasteiger partial charge on any atom is -0.497 e. The lowest BCUT2D eigenvalue weighted by Crippen LogP contribution is -2.32. The number of benzene rings is 2. The molecule has 2 aromatic rings. The van der Waals surface area contributed by atoms with E-state index < -0.39 is 27.9 Å². The van der Waals surface area contributed by atoms with Gasteiger partial charge in [-0.3, -0.25) is 4.79 Å². The highest BCUT2D eigenvalue weighted by Gasteiger charge is 2.15. The van der Waals surface area contributed by atoms with Crippen molar-refractivity contribution in [1.82, 2.24) is 10.0 Å². The summed E-state index contributed by atoms with van der Waals surface area (Å²) in [5.74, 6) is -0.295. The zero-order valence-electron chi connectivity index (χ0n) is 14.7. The molecular weight excluding hydrogens is 375 g/mol. The highest BCUT2D eigenvalue weighted by molar-refractivity contribution is 7.89. The number of halogens is 1. The van der Waals surface area contributed by atoms with Gasteiger partial charge in [-0.1, -0.05) is 12.1 Å². The quantitative estimate of drug-likeness (QED) is 0.594. The summed E-state index contributed by atoms with van der Waals surface area (Å²) in [6.07, 6.45) is -0.994. The standard InChI is InChI=1S/C18H21FN2O5S/c1-26-15-6-2-13(3-7-15)17(22)12-20-18(23)10-11-21-27(24,25)16-8-4-14(19)5-9-16/h2-9,17,21-22H,10-12H2,1H3,(H,20,23). The van der Waals surface area contributed by atoms with Crippen LogP contribution in [0, 0.1) is 5.82 Å². The average Bonchev–Trinajstić information content (AvgIpc) is 2.66. The van der Waals surface area contributed by atoms with E-state index in [1.54, 1.807) is 24.3 Å². The maximum Gasteiger partial charge on any atom is 0.240 e. The highest BCUT2D eigenvalue weighted by atomic mass is 32.2. The van der Waals surface area contributed by atoms with Gasteiger partial charge in [-0.05, 0) is 42.0 Å². The number of nitrogens with one attached hydrogen (secondary N) is 2. The smallest absolute Gasteiger partial charge is 0.240 e. The number of aliphatic hydroxyl groups is 1. The Morgan fingerprint density at radius 1 is 1.15 bits per heavy atom. The van der Waals surface area contributed by atoms with Crippen LogP contribution >= 0.6 is 0 Å². The number of rotatable bonds is 9. The van der Waals surface area contributed by atoms with Gasteiger partial charge in [0.2, 0.25) is 15.9 Å². The van der Waals surface area contributed by atoms with Gasteiger partial charge < -0.3 is 15.2 Å². The number of carbonyl (C=O) groups is 1. The van der Waals surface area contributed by atoms with Gasteiger partial charge in [0.15, 0.2) is 0 Å². The van der Waals surface area contributed by atoms with Crippen molar-refractivity contribution in [2.45, 2.75) is 17.4 Å². The summed E-state index contributed by atoms with van der Waals surface area (Å²) >= 11 is 0. The molecule has 1 amide bonds. The number of hydrogen-bond acceptors (Lipinski definition) is 5. The van der Waals surface area contributed by atoms with E-state index in [-0.39, 0.29) is 24.4 Å². The number of ether oxygens (including phenoxy) is 1. The summed E-state index contributed by atoms with van der Waals surface area (Å²) in [5.41, 5.74) is 0.619. The molecule has 0 aliphatic carbocycles. The Hall–Kier alpha value is -2.49. The van der Waals surface area contributed by atoms with Crippen LogP contribution in [0.1, 0.15) is 18.1 Å². The Bertz CT molecular complexity index is 854. The van der Waals surface area contributed by atoms with Crippen LogP contribution in [0.4, 0.5) is 4.39 Å². The maximum atomic E-state index is 12.8. The minimum atomic E-state index is -3.81. The van der Waals surface area contributed by atoms with Gasteiger partial charge in [0, 0.05) is 19.5 Å². The molecule has 9 heteroatoms. The summed E-state index contributed by atoms with van der Waals surface area (Å²) in [5, 5.41) is 12.6. The summed E-state index contributed by atoms with van der Waals surface area (Å²) in [4.78, 5) is 11.7. The van der Waals surface area contributed by atoms with Crippen molar-refractivity contribution >= 4 is 15.9 Å². The molecule has 7 nitrogen and oxygen atoms in total. The summed E-state index contributed by atoms with van der Waals surface area (Å²) in [6.45, 7) is -0.125. The summed E-state index contributed by atoms with van der Waals surface area (Å²) in [6, 6.07) is 11.1. The lowest BCUT2D eigenvalue weighted by molar-refractivity contribution is -0.121. The fourth-order valence-corrected chi connectivity index (χ4v) is 3.27. The number of sulfonamides is 1. The molecule has 0 saturated heterocycles. The number of aliphatic hydroxyl groups excluding tert-OH is 1. The number of methoxy groups -OCH3 is 1. The second kappa shape index (κ2) is 9.45. The third-order valence-electron chi connectivity index (χ3n) is 3.76. The van der Waals surface area contributed by atoms with E-state index in [0.717, 1.165) is 24.3 Å². The van der Waals surface area contributed by atoms with Gasteiger partial charge in [0.25, 0.3) is 0 Å². The van der Waals surface area contributed by atoms with Gasteiger partial charge in [-0.25, -0.2) is 17.5 Å². The zero-order chi connectivity index (χ0) is 19.9. The number of hydrogen-bond donors (Lipinski definition) is 3. The Labute approximate surface area is 157 Å². The van der Waals surface area contributed by atoms with Crippen LogP contribution in [0.3, 0.4) is 0 Å². The van der Waals surface area contributed by atoms with Gasteiger partial charge in [-0.2, -0.15) is 0 Å². The van der Waals surface area contributed by atoms with Crippen LogP contribution in [-0.4, -0.2) is 39.6 Å². The predicted molar refractivity (Wildman–Crippen MR) is 97.2 cm³/mol. The summed E-state index contributed by atoms with van der Waals surface area (Å²) < 4.78 is 44.2. The highest BCUT2D eigenvalue weighted by Crippen LogP contribution is 2.17. The predicted octanol–water partition coefficient (Wildman–Crippen LogP) is 1.35. The Balaban J connectivity index is 1.76. The molecule has 1 atom stereocenters. The third-order valence-corrected chi connectivity index (χ3v) is 5.24. The molecule has 2 rings (SSSR count). The lowest BCUT2D eigenvalue weighted by Gasteiger charge is -2.13. The fraction of sp³-hybridized carbons (Fsp3) is 0.278. The van der Waals surface area contributed by atoms with Crippen LogP contribution < -0.4 is 14.8 Å². The second-order valence-electron chi connectivity index (χ2n) is 5.69. The largest absolute Gasteiger partial charge is 0.497 e. The van der Waals surface area contributed by atoms with E-state index in [0.29, 0.717) is 11.3 Å². The molecular formula is C18H21FN2O5S. The molecule has 0 aliphatic heterocycles. The molecule has 146 valence electrons. The Morgan fingerprint density at radius 2 is 1.78 bits per heavy atom. The van der Waals surface area contributed by atoms with E-state index in [2.05, 4.69) is 10.0 Å². The molecule has 0 radical (unpaired) electrons. The molecule has 3 N–H and O–H groups in total. The number of amides is 1. The Morgan fingerprint density at radius 3 is 2.37 bits per heavy atom. The first-order valence-electron chi connectivity index (χ1n) is 8.16. The Kier molecular flexibility index (Phi) is 7.28. The minimum absolute atomic E-state index is 0.00409. The maximum absolute atomic E-state index is 12.8. The van der Waals surface area contributed by atoms with Crippen molar-refractivity contribution in [2.75, 3.05) is 20.2 Å². The average molecular weight is 396 g/mol. The van der Waals surface area contributed by atoms with Crippen LogP contribution in [0.15, 0.2) is 53.4 Å². The molecule has 0 heterocycles. The van der Waals surface area contributed by atoms with Crippen LogP contribution in [0.25, 0.3) is 0 Å². The van der Waals surface area contributed by atoms with Gasteiger partial charge in [0.05, 0.1) is 18.1 Å². The first-order valence-corrected chi connectivity index (χ1v) is 9.64. The second-order valence-corrected chi connectivity index (χ2v) is 7.46. The molecule has 0 bridgehead atoms. The van der Waals surface area contributed by atoms with Crippen molar-refractivity contribution in [3.8, 4) is 5.75 Å². The molecule has 0 saturated carbocycles. The van der Waals surface area contributed by atoms with Crippen LogP contribution in [0.5, 0.6) is 5.75 Å². The van der Waals surface area contributed by atoms with Crippen LogP contribution in [0.2, 0.25) is 0 Å². The van der Waals surface area contributed by atoms with E-state index in [9.17, 15) is 22.7 Å². The topological polar surface area (TPSA) is 105 Å². The molecule has 0 fully saturated rings. The van der Waals surface area contributed by atoms with Crippen molar-refractivity contribution in [1.29, 1.82) is 0 Å². The van der Waals surface area contributed by atoms with Gasteiger partial charge >= 0.3 is 0 Å². The van der Waals surface area contributed by atoms with Gasteiger partial charge in [0.1, 0.15) is 11.6 Å². The van der Waals surface area contributed by atoms with Crippen molar-refractivity contribution in [2.24, 2.45) is 0 Å². The van der Waals surface area contributed by atoms with E-state index >= 15 is 0 Å². The molecule has 27 heavy (non-hydrogen) atoms. The zero-order valence-corrected chi connectivity index (χ0v) is 15.5. The molecule has 0 spiro atoms. The van der Waals surface area contributed by atoms with Crippen molar-refractivity contribution in [3.05, 3.63) is 59.9 Å². The molecule has 0 aromatic heterocycles. The monoisotopic (exact) mass is 396 g/mol.